The summed E-state index contributed by atoms with van der Waals surface area (Å²) < 4.78 is 0. The van der Waals surface area contributed by atoms with Crippen molar-refractivity contribution in [2.45, 2.75) is 26.3 Å². The van der Waals surface area contributed by atoms with Gasteiger partial charge in [0.15, 0.2) is 0 Å². The third kappa shape index (κ3) is 3.42. The second kappa shape index (κ2) is 7.05. The van der Waals surface area contributed by atoms with Crippen LogP contribution in [0.5, 0.6) is 0 Å². The minimum absolute atomic E-state index is 0.501. The van der Waals surface area contributed by atoms with E-state index in [1.54, 1.807) is 0 Å². The summed E-state index contributed by atoms with van der Waals surface area (Å²) in [5.74, 6) is 2.52. The van der Waals surface area contributed by atoms with Gasteiger partial charge in [0.05, 0.1) is 0 Å². The van der Waals surface area contributed by atoms with Crippen LogP contribution < -0.4 is 10.2 Å². The molecule has 0 saturated carbocycles. The molecule has 0 aromatic heterocycles. The summed E-state index contributed by atoms with van der Waals surface area (Å²) >= 11 is 2.06. The maximum atomic E-state index is 3.53. The van der Waals surface area contributed by atoms with Crippen LogP contribution in [0.25, 0.3) is 0 Å². The number of hydrogen-bond donors (Lipinski definition) is 1. The highest BCUT2D eigenvalue weighted by atomic mass is 32.2. The molecule has 1 aromatic rings. The smallest absolute Gasteiger partial charge is 0.0366 e. The summed E-state index contributed by atoms with van der Waals surface area (Å²) in [4.78, 5) is 2.49. The molecular weight excluding hydrogens is 240 g/mol. The third-order valence-electron chi connectivity index (χ3n) is 3.53. The summed E-state index contributed by atoms with van der Waals surface area (Å²) in [5.41, 5.74) is 2.79. The van der Waals surface area contributed by atoms with E-state index in [9.17, 15) is 0 Å². The zero-order valence-corrected chi connectivity index (χ0v) is 12.3. The minimum atomic E-state index is 0.501. The molecule has 0 spiro atoms. The standard InChI is InChI=1S/C15H24N2S/c1-3-15(16-4-2)13-5-7-14(8-6-13)17-9-11-18-12-10-17/h5-8,15-16H,3-4,9-12H2,1-2H3. The highest BCUT2D eigenvalue weighted by Crippen LogP contribution is 2.23. The largest absolute Gasteiger partial charge is 0.370 e. The van der Waals surface area contributed by atoms with Crippen molar-refractivity contribution in [2.24, 2.45) is 0 Å². The van der Waals surface area contributed by atoms with Crippen LogP contribution in [0.3, 0.4) is 0 Å². The van der Waals surface area contributed by atoms with Gasteiger partial charge in [-0.2, -0.15) is 11.8 Å². The predicted octanol–water partition coefficient (Wildman–Crippen LogP) is 3.30. The Balaban J connectivity index is 2.03. The van der Waals surface area contributed by atoms with E-state index in [-0.39, 0.29) is 0 Å². The number of thioether (sulfide) groups is 1. The quantitative estimate of drug-likeness (QED) is 0.878. The molecule has 1 heterocycles. The Morgan fingerprint density at radius 2 is 1.83 bits per heavy atom. The van der Waals surface area contributed by atoms with Gasteiger partial charge in [0.1, 0.15) is 0 Å². The van der Waals surface area contributed by atoms with Crippen molar-refractivity contribution >= 4 is 17.4 Å². The number of hydrogen-bond acceptors (Lipinski definition) is 3. The van der Waals surface area contributed by atoms with Gasteiger partial charge in [-0.05, 0) is 30.7 Å². The van der Waals surface area contributed by atoms with E-state index in [0.717, 1.165) is 13.0 Å². The monoisotopic (exact) mass is 264 g/mol. The first-order chi connectivity index (χ1) is 8.85. The molecule has 1 saturated heterocycles. The topological polar surface area (TPSA) is 15.3 Å². The van der Waals surface area contributed by atoms with Crippen molar-refractivity contribution in [2.75, 3.05) is 36.0 Å². The number of benzene rings is 1. The number of anilines is 1. The van der Waals surface area contributed by atoms with Crippen LogP contribution in [0, 0.1) is 0 Å². The van der Waals surface area contributed by atoms with Gasteiger partial charge in [-0.25, -0.2) is 0 Å². The molecule has 1 N–H and O–H groups in total. The lowest BCUT2D eigenvalue weighted by atomic mass is 10.0. The van der Waals surface area contributed by atoms with Gasteiger partial charge in [0.2, 0.25) is 0 Å². The molecule has 0 amide bonds. The fourth-order valence-corrected chi connectivity index (χ4v) is 3.39. The zero-order chi connectivity index (χ0) is 12.8. The highest BCUT2D eigenvalue weighted by Gasteiger charge is 2.12. The predicted molar refractivity (Wildman–Crippen MR) is 82.7 cm³/mol. The Morgan fingerprint density at radius 1 is 1.17 bits per heavy atom. The molecule has 1 aliphatic heterocycles. The summed E-state index contributed by atoms with van der Waals surface area (Å²) in [7, 11) is 0. The zero-order valence-electron chi connectivity index (χ0n) is 11.5. The van der Waals surface area contributed by atoms with Crippen molar-refractivity contribution < 1.29 is 0 Å². The van der Waals surface area contributed by atoms with E-state index >= 15 is 0 Å². The summed E-state index contributed by atoms with van der Waals surface area (Å²) in [5, 5.41) is 3.53. The molecule has 100 valence electrons. The van der Waals surface area contributed by atoms with E-state index < -0.39 is 0 Å². The fraction of sp³-hybridized carbons (Fsp3) is 0.600. The first-order valence-electron chi connectivity index (χ1n) is 7.01. The van der Waals surface area contributed by atoms with Crippen LogP contribution in [-0.4, -0.2) is 31.1 Å². The Morgan fingerprint density at radius 3 is 2.39 bits per heavy atom. The van der Waals surface area contributed by atoms with Crippen LogP contribution in [0.4, 0.5) is 5.69 Å². The molecule has 1 unspecified atom stereocenters. The van der Waals surface area contributed by atoms with Crippen LogP contribution in [0.1, 0.15) is 31.9 Å². The van der Waals surface area contributed by atoms with Gasteiger partial charge in [0, 0.05) is 36.3 Å². The van der Waals surface area contributed by atoms with Crippen LogP contribution in [-0.2, 0) is 0 Å². The first-order valence-corrected chi connectivity index (χ1v) is 8.16. The molecule has 1 aliphatic rings. The minimum Gasteiger partial charge on any atom is -0.370 e. The van der Waals surface area contributed by atoms with Gasteiger partial charge in [-0.3, -0.25) is 0 Å². The van der Waals surface area contributed by atoms with Gasteiger partial charge >= 0.3 is 0 Å². The summed E-state index contributed by atoms with van der Waals surface area (Å²) in [6, 6.07) is 9.64. The highest BCUT2D eigenvalue weighted by molar-refractivity contribution is 7.99. The van der Waals surface area contributed by atoms with E-state index in [4.69, 9.17) is 0 Å². The molecule has 18 heavy (non-hydrogen) atoms. The average molecular weight is 264 g/mol. The van der Waals surface area contributed by atoms with Gasteiger partial charge in [0.25, 0.3) is 0 Å². The van der Waals surface area contributed by atoms with Crippen LogP contribution >= 0.6 is 11.8 Å². The van der Waals surface area contributed by atoms with E-state index in [1.165, 1.54) is 35.8 Å². The summed E-state index contributed by atoms with van der Waals surface area (Å²) in [6.45, 7) is 7.82. The number of rotatable bonds is 5. The lowest BCUT2D eigenvalue weighted by Gasteiger charge is -2.29. The lowest BCUT2D eigenvalue weighted by molar-refractivity contribution is 0.537. The van der Waals surface area contributed by atoms with Crippen LogP contribution in [0.15, 0.2) is 24.3 Å². The van der Waals surface area contributed by atoms with Gasteiger partial charge in [-0.1, -0.05) is 26.0 Å². The van der Waals surface area contributed by atoms with E-state index in [0.29, 0.717) is 6.04 Å². The van der Waals surface area contributed by atoms with E-state index in [1.807, 2.05) is 0 Å². The van der Waals surface area contributed by atoms with Crippen molar-refractivity contribution in [3.63, 3.8) is 0 Å². The molecule has 2 nitrogen and oxygen atoms in total. The molecule has 0 radical (unpaired) electrons. The average Bonchev–Trinajstić information content (AvgIpc) is 2.46. The molecule has 1 fully saturated rings. The Labute approximate surface area is 115 Å². The molecule has 3 heteroatoms. The van der Waals surface area contributed by atoms with Gasteiger partial charge < -0.3 is 10.2 Å². The normalized spacial score (nSPS) is 17.8. The lowest BCUT2D eigenvalue weighted by Crippen LogP contribution is -2.32. The molecule has 2 rings (SSSR count). The molecule has 1 atom stereocenters. The Kier molecular flexibility index (Phi) is 5.39. The maximum Gasteiger partial charge on any atom is 0.0366 e. The van der Waals surface area contributed by atoms with Crippen LogP contribution in [0.2, 0.25) is 0 Å². The van der Waals surface area contributed by atoms with Crippen molar-refractivity contribution in [3.8, 4) is 0 Å². The number of nitrogens with zero attached hydrogens (tertiary/aromatic N) is 1. The molecule has 0 bridgehead atoms. The second-order valence-electron chi connectivity index (χ2n) is 4.71. The molecular formula is C15H24N2S. The maximum absolute atomic E-state index is 3.53. The summed E-state index contributed by atoms with van der Waals surface area (Å²) in [6.07, 6.45) is 1.15. The number of nitrogens with one attached hydrogen (secondary N) is 1. The van der Waals surface area contributed by atoms with Crippen molar-refractivity contribution in [1.82, 2.24) is 5.32 Å². The molecule has 0 aliphatic carbocycles. The van der Waals surface area contributed by atoms with Crippen molar-refractivity contribution in [1.29, 1.82) is 0 Å². The van der Waals surface area contributed by atoms with Gasteiger partial charge in [-0.15, -0.1) is 0 Å². The first kappa shape index (κ1) is 13.8. The second-order valence-corrected chi connectivity index (χ2v) is 5.93. The Hall–Kier alpha value is -0.670. The third-order valence-corrected chi connectivity index (χ3v) is 4.47. The SMILES string of the molecule is CCNC(CC)c1ccc(N2CCSCC2)cc1. The Bertz CT molecular complexity index is 320. The van der Waals surface area contributed by atoms with E-state index in [2.05, 4.69) is 60.1 Å². The fourth-order valence-electron chi connectivity index (χ4n) is 2.48. The van der Waals surface area contributed by atoms with Crippen molar-refractivity contribution in [3.05, 3.63) is 29.8 Å². The molecule has 1 aromatic carbocycles.